The fraction of sp³-hybridized carbons (Fsp3) is 0.333. The third kappa shape index (κ3) is 4.03. The zero-order chi connectivity index (χ0) is 13.7. The molecule has 1 aromatic carbocycles. The van der Waals surface area contributed by atoms with Crippen LogP contribution in [0.5, 0.6) is 0 Å². The summed E-state index contributed by atoms with van der Waals surface area (Å²) in [5, 5.41) is 11.1. The summed E-state index contributed by atoms with van der Waals surface area (Å²) in [5.74, 6) is -1.76. The first-order valence-electron chi connectivity index (χ1n) is 5.30. The molecule has 1 amide bonds. The number of carboxylic acids is 1. The van der Waals surface area contributed by atoms with E-state index in [2.05, 4.69) is 5.32 Å². The maximum Gasteiger partial charge on any atom is 0.305 e. The van der Waals surface area contributed by atoms with Crippen LogP contribution in [0.4, 0.5) is 4.39 Å². The summed E-state index contributed by atoms with van der Waals surface area (Å²) in [7, 11) is 0. The van der Waals surface area contributed by atoms with Crippen molar-refractivity contribution < 1.29 is 19.1 Å². The fourth-order valence-electron chi connectivity index (χ4n) is 1.42. The van der Waals surface area contributed by atoms with Gasteiger partial charge in [0, 0.05) is 16.5 Å². The minimum absolute atomic E-state index is 0.150. The average Bonchev–Trinajstić information content (AvgIpc) is 2.28. The molecule has 0 heterocycles. The molecule has 4 nitrogen and oxygen atoms in total. The van der Waals surface area contributed by atoms with Gasteiger partial charge in [-0.25, -0.2) is 4.39 Å². The number of carboxylic acid groups (broad SMARTS) is 1. The van der Waals surface area contributed by atoms with E-state index in [1.165, 1.54) is 30.0 Å². The Bertz CT molecular complexity index is 465. The minimum Gasteiger partial charge on any atom is -0.481 e. The number of hydrogen-bond donors (Lipinski definition) is 2. The van der Waals surface area contributed by atoms with Gasteiger partial charge < -0.3 is 10.4 Å². The Hall–Kier alpha value is -1.56. The molecule has 0 fully saturated rings. The summed E-state index contributed by atoms with van der Waals surface area (Å²) in [5.41, 5.74) is 0.318. The second-order valence-corrected chi connectivity index (χ2v) is 4.67. The largest absolute Gasteiger partial charge is 0.481 e. The Kier molecular flexibility index (Phi) is 5.15. The van der Waals surface area contributed by atoms with Gasteiger partial charge in [-0.1, -0.05) is 0 Å². The lowest BCUT2D eigenvalue weighted by Crippen LogP contribution is -2.34. The van der Waals surface area contributed by atoms with Gasteiger partial charge in [0.1, 0.15) is 5.82 Å². The molecule has 0 saturated heterocycles. The van der Waals surface area contributed by atoms with Gasteiger partial charge in [-0.15, -0.1) is 11.8 Å². The van der Waals surface area contributed by atoms with Crippen LogP contribution in [0.15, 0.2) is 23.1 Å². The molecule has 1 aromatic rings. The number of hydrogen-bond acceptors (Lipinski definition) is 3. The van der Waals surface area contributed by atoms with E-state index in [1.807, 2.05) is 0 Å². The van der Waals surface area contributed by atoms with E-state index in [9.17, 15) is 14.0 Å². The Labute approximate surface area is 109 Å². The number of thioether (sulfide) groups is 1. The summed E-state index contributed by atoms with van der Waals surface area (Å²) in [6.07, 6.45) is 1.56. The second kappa shape index (κ2) is 6.39. The minimum atomic E-state index is -0.980. The van der Waals surface area contributed by atoms with Gasteiger partial charge in [-0.3, -0.25) is 9.59 Å². The van der Waals surface area contributed by atoms with Crippen LogP contribution in [0.25, 0.3) is 0 Å². The highest BCUT2D eigenvalue weighted by Gasteiger charge is 2.14. The Morgan fingerprint density at radius 2 is 2.17 bits per heavy atom. The normalized spacial score (nSPS) is 11.9. The first kappa shape index (κ1) is 14.5. The number of carbonyl (C=O) groups excluding carboxylic acids is 1. The van der Waals surface area contributed by atoms with Gasteiger partial charge >= 0.3 is 5.97 Å². The third-order valence-electron chi connectivity index (χ3n) is 2.27. The van der Waals surface area contributed by atoms with Crippen LogP contribution >= 0.6 is 11.8 Å². The van der Waals surface area contributed by atoms with Gasteiger partial charge in [0.2, 0.25) is 0 Å². The van der Waals surface area contributed by atoms with E-state index in [0.717, 1.165) is 0 Å². The molecule has 0 spiro atoms. The van der Waals surface area contributed by atoms with Crippen molar-refractivity contribution in [2.75, 3.05) is 6.26 Å². The topological polar surface area (TPSA) is 66.4 Å². The van der Waals surface area contributed by atoms with Gasteiger partial charge in [0.05, 0.1) is 6.42 Å². The summed E-state index contributed by atoms with van der Waals surface area (Å²) in [4.78, 5) is 22.6. The van der Waals surface area contributed by atoms with Crippen LogP contribution in [0, 0.1) is 5.82 Å². The van der Waals surface area contributed by atoms with Gasteiger partial charge in [-0.05, 0) is 31.4 Å². The van der Waals surface area contributed by atoms with E-state index >= 15 is 0 Å². The number of rotatable bonds is 5. The highest BCUT2D eigenvalue weighted by Crippen LogP contribution is 2.20. The maximum atomic E-state index is 13.2. The summed E-state index contributed by atoms with van der Waals surface area (Å²) in [6, 6.07) is 3.57. The predicted molar refractivity (Wildman–Crippen MR) is 67.4 cm³/mol. The first-order chi connectivity index (χ1) is 8.43. The molecule has 6 heteroatoms. The number of nitrogens with one attached hydrogen (secondary N) is 1. The van der Waals surface area contributed by atoms with Crippen molar-refractivity contribution in [3.05, 3.63) is 29.6 Å². The first-order valence-corrected chi connectivity index (χ1v) is 6.52. The zero-order valence-corrected chi connectivity index (χ0v) is 10.9. The molecule has 0 saturated carbocycles. The van der Waals surface area contributed by atoms with Crippen molar-refractivity contribution in [1.82, 2.24) is 5.32 Å². The quantitative estimate of drug-likeness (QED) is 0.805. The van der Waals surface area contributed by atoms with Crippen LogP contribution in [0.3, 0.4) is 0 Å². The lowest BCUT2D eigenvalue weighted by molar-refractivity contribution is -0.137. The van der Waals surface area contributed by atoms with Crippen molar-refractivity contribution in [2.24, 2.45) is 0 Å². The van der Waals surface area contributed by atoms with Gasteiger partial charge in [0.25, 0.3) is 5.91 Å². The van der Waals surface area contributed by atoms with Crippen molar-refractivity contribution in [3.63, 3.8) is 0 Å². The Balaban J connectivity index is 2.75. The highest BCUT2D eigenvalue weighted by atomic mass is 32.2. The molecule has 0 radical (unpaired) electrons. The molecule has 1 atom stereocenters. The number of benzene rings is 1. The lowest BCUT2D eigenvalue weighted by atomic mass is 10.1. The van der Waals surface area contributed by atoms with Crippen LogP contribution in [-0.2, 0) is 4.79 Å². The molecule has 2 N–H and O–H groups in total. The zero-order valence-electron chi connectivity index (χ0n) is 10.1. The molecule has 1 rings (SSSR count). The van der Waals surface area contributed by atoms with E-state index in [0.29, 0.717) is 10.5 Å². The smallest absolute Gasteiger partial charge is 0.305 e. The standard InChI is InChI=1S/C12H14FNO3S/c1-7(5-11(15)16)14-12(17)8-3-4-9(13)10(6-8)18-2/h3-4,6-7H,5H2,1-2H3,(H,14,17)(H,15,16). The molecule has 18 heavy (non-hydrogen) atoms. The SMILES string of the molecule is CSc1cc(C(=O)NC(C)CC(=O)O)ccc1F. The molecular formula is C12H14FNO3S. The molecule has 0 aliphatic rings. The lowest BCUT2D eigenvalue weighted by Gasteiger charge is -2.12. The molecular weight excluding hydrogens is 257 g/mol. The average molecular weight is 271 g/mol. The van der Waals surface area contributed by atoms with E-state index < -0.39 is 17.9 Å². The highest BCUT2D eigenvalue weighted by molar-refractivity contribution is 7.98. The molecule has 0 aliphatic carbocycles. The Morgan fingerprint density at radius 1 is 1.50 bits per heavy atom. The molecule has 0 aromatic heterocycles. The van der Waals surface area contributed by atoms with Gasteiger partial charge in [-0.2, -0.15) is 0 Å². The Morgan fingerprint density at radius 3 is 2.72 bits per heavy atom. The van der Waals surface area contributed by atoms with Gasteiger partial charge in [0.15, 0.2) is 0 Å². The van der Waals surface area contributed by atoms with Crippen LogP contribution in [0.2, 0.25) is 0 Å². The van der Waals surface area contributed by atoms with E-state index in [4.69, 9.17) is 5.11 Å². The number of amides is 1. The van der Waals surface area contributed by atoms with Crippen molar-refractivity contribution in [3.8, 4) is 0 Å². The summed E-state index contributed by atoms with van der Waals surface area (Å²) >= 11 is 1.21. The van der Waals surface area contributed by atoms with E-state index in [-0.39, 0.29) is 12.2 Å². The third-order valence-corrected chi connectivity index (χ3v) is 3.02. The monoisotopic (exact) mass is 271 g/mol. The van der Waals surface area contributed by atoms with Crippen molar-refractivity contribution >= 4 is 23.6 Å². The summed E-state index contributed by atoms with van der Waals surface area (Å²) < 4.78 is 13.2. The molecule has 1 unspecified atom stereocenters. The van der Waals surface area contributed by atoms with E-state index in [1.54, 1.807) is 13.2 Å². The fourth-order valence-corrected chi connectivity index (χ4v) is 1.93. The number of halogens is 1. The second-order valence-electron chi connectivity index (χ2n) is 3.82. The van der Waals surface area contributed by atoms with Crippen molar-refractivity contribution in [1.29, 1.82) is 0 Å². The molecule has 0 bridgehead atoms. The van der Waals surface area contributed by atoms with Crippen LogP contribution in [-0.4, -0.2) is 29.3 Å². The van der Waals surface area contributed by atoms with Crippen LogP contribution in [0.1, 0.15) is 23.7 Å². The van der Waals surface area contributed by atoms with Crippen molar-refractivity contribution in [2.45, 2.75) is 24.3 Å². The molecule has 98 valence electrons. The number of aliphatic carboxylic acids is 1. The van der Waals surface area contributed by atoms with Crippen LogP contribution < -0.4 is 5.32 Å². The number of carbonyl (C=O) groups is 2. The predicted octanol–water partition coefficient (Wildman–Crippen LogP) is 2.14. The maximum absolute atomic E-state index is 13.2. The molecule has 0 aliphatic heterocycles. The summed E-state index contributed by atoms with van der Waals surface area (Å²) in [6.45, 7) is 1.60.